The largest absolute Gasteiger partial charge is 0.496 e. The number of methoxy groups -OCH3 is 1. The minimum Gasteiger partial charge on any atom is -0.496 e. The van der Waals surface area contributed by atoms with Crippen LogP contribution in [-0.4, -0.2) is 30.7 Å². The highest BCUT2D eigenvalue weighted by atomic mass is 16.5. The van der Waals surface area contributed by atoms with E-state index in [4.69, 9.17) is 10.5 Å². The fourth-order valence-corrected chi connectivity index (χ4v) is 3.23. The van der Waals surface area contributed by atoms with Crippen LogP contribution in [0.25, 0.3) is 0 Å². The van der Waals surface area contributed by atoms with Gasteiger partial charge in [0.1, 0.15) is 5.75 Å². The third-order valence-electron chi connectivity index (χ3n) is 4.60. The second-order valence-electron chi connectivity index (χ2n) is 6.36. The van der Waals surface area contributed by atoms with E-state index in [9.17, 15) is 5.11 Å². The smallest absolute Gasteiger partial charge is 0.122 e. The highest BCUT2D eigenvalue weighted by molar-refractivity contribution is 5.93. The number of aliphatic imine (C=N–C) groups is 1. The number of nitrogens with two attached hydrogens (primary N) is 1. The van der Waals surface area contributed by atoms with Crippen molar-refractivity contribution in [2.24, 2.45) is 10.7 Å². The molecule has 2 atom stereocenters. The van der Waals surface area contributed by atoms with Gasteiger partial charge in [-0.2, -0.15) is 0 Å². The van der Waals surface area contributed by atoms with Gasteiger partial charge in [0.05, 0.1) is 25.1 Å². The molecule has 4 N–H and O–H groups in total. The Morgan fingerprint density at radius 1 is 1.32 bits per heavy atom. The molecule has 25 heavy (non-hydrogen) atoms. The quantitative estimate of drug-likeness (QED) is 0.578. The molecular weight excluding hydrogens is 314 g/mol. The molecule has 132 valence electrons. The summed E-state index contributed by atoms with van der Waals surface area (Å²) >= 11 is 0. The molecule has 2 aromatic carbocycles. The lowest BCUT2D eigenvalue weighted by atomic mass is 10.1. The van der Waals surface area contributed by atoms with Crippen molar-refractivity contribution in [1.82, 2.24) is 0 Å². The zero-order chi connectivity index (χ0) is 17.8. The molecule has 0 unspecified atom stereocenters. The molecule has 1 aliphatic carbocycles. The number of rotatable bonds is 5. The Balaban J connectivity index is 1.61. The summed E-state index contributed by atoms with van der Waals surface area (Å²) in [6.45, 7) is 2.63. The predicted molar refractivity (Wildman–Crippen MR) is 101 cm³/mol. The molecule has 0 saturated carbocycles. The van der Waals surface area contributed by atoms with E-state index in [0.29, 0.717) is 13.0 Å². The lowest BCUT2D eigenvalue weighted by Crippen LogP contribution is -2.21. The van der Waals surface area contributed by atoms with Gasteiger partial charge in [-0.25, -0.2) is 0 Å². The Morgan fingerprint density at radius 2 is 2.12 bits per heavy atom. The maximum atomic E-state index is 9.88. The molecule has 0 spiro atoms. The van der Waals surface area contributed by atoms with Crippen LogP contribution in [0.3, 0.4) is 0 Å². The third-order valence-corrected chi connectivity index (χ3v) is 4.60. The van der Waals surface area contributed by atoms with E-state index in [0.717, 1.165) is 40.4 Å². The van der Waals surface area contributed by atoms with Gasteiger partial charge >= 0.3 is 0 Å². The van der Waals surface area contributed by atoms with Crippen LogP contribution in [0.1, 0.15) is 29.7 Å². The summed E-state index contributed by atoms with van der Waals surface area (Å²) < 4.78 is 5.36. The molecular formula is C20H25N3O2. The Hall–Kier alpha value is -2.37. The molecule has 0 saturated heterocycles. The van der Waals surface area contributed by atoms with Gasteiger partial charge < -0.3 is 20.9 Å². The molecule has 0 amide bonds. The van der Waals surface area contributed by atoms with Crippen LogP contribution in [-0.2, 0) is 12.8 Å². The predicted octanol–water partition coefficient (Wildman–Crippen LogP) is 2.68. The summed E-state index contributed by atoms with van der Waals surface area (Å²) in [5.41, 5.74) is 10.3. The first-order valence-electron chi connectivity index (χ1n) is 8.55. The summed E-state index contributed by atoms with van der Waals surface area (Å²) in [5, 5.41) is 13.2. The zero-order valence-corrected chi connectivity index (χ0v) is 14.7. The summed E-state index contributed by atoms with van der Waals surface area (Å²) in [6, 6.07) is 13.7. The average molecular weight is 339 g/mol. The van der Waals surface area contributed by atoms with Gasteiger partial charge in [-0.3, -0.25) is 4.99 Å². The van der Waals surface area contributed by atoms with Gasteiger partial charge in [-0.1, -0.05) is 24.3 Å². The van der Waals surface area contributed by atoms with Crippen LogP contribution in [0.5, 0.6) is 5.75 Å². The van der Waals surface area contributed by atoms with Crippen LogP contribution >= 0.6 is 0 Å². The minimum absolute atomic E-state index is 0.306. The maximum Gasteiger partial charge on any atom is 0.122 e. The van der Waals surface area contributed by atoms with Crippen molar-refractivity contribution in [1.29, 1.82) is 0 Å². The number of aliphatic hydroxyl groups excluding tert-OH is 1. The minimum atomic E-state index is -0.485. The molecule has 3 rings (SSSR count). The molecule has 1 aliphatic rings. The van der Waals surface area contributed by atoms with E-state index in [1.807, 2.05) is 43.3 Å². The van der Waals surface area contributed by atoms with E-state index in [-0.39, 0.29) is 6.04 Å². The van der Waals surface area contributed by atoms with Crippen LogP contribution in [0, 0.1) is 0 Å². The van der Waals surface area contributed by atoms with Gasteiger partial charge in [-0.05, 0) is 48.2 Å². The van der Waals surface area contributed by atoms with Gasteiger partial charge in [-0.15, -0.1) is 0 Å². The lowest BCUT2D eigenvalue weighted by molar-refractivity contribution is 0.158. The Labute approximate surface area is 148 Å². The van der Waals surface area contributed by atoms with E-state index in [1.165, 1.54) is 0 Å². The number of ether oxygens (including phenoxy) is 1. The van der Waals surface area contributed by atoms with Gasteiger partial charge in [0.2, 0.25) is 0 Å². The van der Waals surface area contributed by atoms with Crippen molar-refractivity contribution >= 4 is 11.5 Å². The molecule has 5 heteroatoms. The molecule has 0 aromatic heterocycles. The van der Waals surface area contributed by atoms with Gasteiger partial charge in [0, 0.05) is 18.7 Å². The van der Waals surface area contributed by atoms with Crippen molar-refractivity contribution in [2.45, 2.75) is 31.9 Å². The molecule has 0 radical (unpaired) electrons. The van der Waals surface area contributed by atoms with Gasteiger partial charge in [0.25, 0.3) is 0 Å². The number of anilines is 1. The first kappa shape index (κ1) is 17.5. The second-order valence-corrected chi connectivity index (χ2v) is 6.36. The van der Waals surface area contributed by atoms with Crippen molar-refractivity contribution in [2.75, 3.05) is 19.0 Å². The summed E-state index contributed by atoms with van der Waals surface area (Å²) in [7, 11) is 1.68. The topological polar surface area (TPSA) is 79.9 Å². The van der Waals surface area contributed by atoms with Crippen LogP contribution < -0.4 is 15.8 Å². The number of hydrogen-bond donors (Lipinski definition) is 3. The Kier molecular flexibility index (Phi) is 5.36. The number of fused-ring (bicyclic) bond motifs is 1. The normalized spacial score (nSPS) is 19.6. The number of aliphatic hydroxyl groups is 1. The van der Waals surface area contributed by atoms with Crippen molar-refractivity contribution in [3.8, 4) is 5.75 Å². The Morgan fingerprint density at radius 3 is 2.92 bits per heavy atom. The molecule has 0 bridgehead atoms. The second kappa shape index (κ2) is 7.68. The summed E-state index contributed by atoms with van der Waals surface area (Å²) in [5.74, 6) is 1.75. The molecule has 0 heterocycles. The average Bonchev–Trinajstić information content (AvgIpc) is 2.90. The first-order valence-corrected chi connectivity index (χ1v) is 8.55. The Bertz CT molecular complexity index is 773. The fourth-order valence-electron chi connectivity index (χ4n) is 3.23. The first-order chi connectivity index (χ1) is 12.1. The zero-order valence-electron chi connectivity index (χ0n) is 14.7. The van der Waals surface area contributed by atoms with Crippen LogP contribution in [0.2, 0.25) is 0 Å². The van der Waals surface area contributed by atoms with Crippen molar-refractivity contribution in [3.63, 3.8) is 0 Å². The fraction of sp³-hybridized carbons (Fsp3) is 0.350. The number of hydrogen-bond acceptors (Lipinski definition) is 4. The number of nitrogens with one attached hydrogen (secondary N) is 1. The highest BCUT2D eigenvalue weighted by Crippen LogP contribution is 2.31. The summed E-state index contributed by atoms with van der Waals surface area (Å²) in [4.78, 5) is 4.59. The molecule has 0 aliphatic heterocycles. The van der Waals surface area contributed by atoms with E-state index >= 15 is 0 Å². The van der Waals surface area contributed by atoms with Crippen LogP contribution in [0.15, 0.2) is 47.5 Å². The number of benzene rings is 2. The monoisotopic (exact) mass is 339 g/mol. The van der Waals surface area contributed by atoms with Gasteiger partial charge in [0.15, 0.2) is 0 Å². The van der Waals surface area contributed by atoms with Crippen molar-refractivity contribution < 1.29 is 9.84 Å². The lowest BCUT2D eigenvalue weighted by Gasteiger charge is -2.11. The maximum absolute atomic E-state index is 9.88. The third kappa shape index (κ3) is 4.00. The molecule has 2 aromatic rings. The number of para-hydroxylation sites is 1. The molecule has 5 nitrogen and oxygen atoms in total. The van der Waals surface area contributed by atoms with Crippen molar-refractivity contribution in [3.05, 3.63) is 59.2 Å². The summed E-state index contributed by atoms with van der Waals surface area (Å²) in [6.07, 6.45) is 0.966. The standard InChI is InChI=1S/C20H25N3O2/c1-13(22-10-9-14-5-3-4-6-19(14)25-2)23-16-8-7-15-11-18(24)20(21)17(15)12-16/h3-8,12,18,20,24H,9-11,21H2,1-2H3,(H,22,23)/t18-,20-/m1/s1. The van der Waals surface area contributed by atoms with E-state index in [2.05, 4.69) is 16.4 Å². The number of nitrogens with zero attached hydrogens (tertiary/aromatic N) is 1. The SMILES string of the molecule is COc1ccccc1CCN=C(C)Nc1ccc2c(c1)[C@@H](N)[C@H](O)C2. The van der Waals surface area contributed by atoms with Crippen LogP contribution in [0.4, 0.5) is 5.69 Å². The highest BCUT2D eigenvalue weighted by Gasteiger charge is 2.27. The van der Waals surface area contributed by atoms with E-state index in [1.54, 1.807) is 7.11 Å². The molecule has 0 fully saturated rings. The van der Waals surface area contributed by atoms with E-state index < -0.39 is 6.10 Å². The number of amidine groups is 1.